The molecule has 1 fully saturated rings. The fourth-order valence-electron chi connectivity index (χ4n) is 1.83. The topological polar surface area (TPSA) is 43.1 Å². The van der Waals surface area contributed by atoms with Crippen LogP contribution in [0.3, 0.4) is 0 Å². The van der Waals surface area contributed by atoms with Crippen molar-refractivity contribution in [1.82, 2.24) is 5.16 Å². The van der Waals surface area contributed by atoms with Crippen LogP contribution >= 0.6 is 27.5 Å². The third-order valence-electron chi connectivity index (χ3n) is 2.97. The molecule has 3 rings (SSSR count). The molecule has 1 aliphatic rings. The fourth-order valence-corrected chi connectivity index (χ4v) is 2.25. The summed E-state index contributed by atoms with van der Waals surface area (Å²) in [7, 11) is 0. The molecular formula is C13H9BrClNO2. The molecule has 0 N–H and O–H groups in total. The van der Waals surface area contributed by atoms with Crippen molar-refractivity contribution in [3.05, 3.63) is 39.5 Å². The molecule has 3 nitrogen and oxygen atoms in total. The summed E-state index contributed by atoms with van der Waals surface area (Å²) in [6.45, 7) is 0. The van der Waals surface area contributed by atoms with Gasteiger partial charge in [-0.25, -0.2) is 0 Å². The minimum atomic E-state index is 0.116. The summed E-state index contributed by atoms with van der Waals surface area (Å²) >= 11 is 9.37. The van der Waals surface area contributed by atoms with Gasteiger partial charge < -0.3 is 4.52 Å². The predicted octanol–water partition coefficient (Wildman–Crippen LogP) is 4.35. The average molecular weight is 327 g/mol. The Labute approximate surface area is 117 Å². The Morgan fingerprint density at radius 2 is 2.22 bits per heavy atom. The van der Waals surface area contributed by atoms with E-state index < -0.39 is 0 Å². The minimum Gasteiger partial charge on any atom is -0.356 e. The highest BCUT2D eigenvalue weighted by Gasteiger charge is 2.33. The van der Waals surface area contributed by atoms with Crippen LogP contribution < -0.4 is 0 Å². The van der Waals surface area contributed by atoms with Gasteiger partial charge in [0.05, 0.1) is 16.8 Å². The number of carbonyl (C=O) groups is 1. The summed E-state index contributed by atoms with van der Waals surface area (Å²) in [5.74, 6) is 0.765. The number of benzene rings is 1. The van der Waals surface area contributed by atoms with Crippen LogP contribution in [0.4, 0.5) is 0 Å². The predicted molar refractivity (Wildman–Crippen MR) is 71.7 cm³/mol. The summed E-state index contributed by atoms with van der Waals surface area (Å²) in [6, 6.07) is 5.43. The van der Waals surface area contributed by atoms with E-state index in [2.05, 4.69) is 21.1 Å². The highest BCUT2D eigenvalue weighted by atomic mass is 79.9. The zero-order chi connectivity index (χ0) is 12.7. The Morgan fingerprint density at radius 1 is 1.44 bits per heavy atom. The normalized spacial score (nSPS) is 14.8. The van der Waals surface area contributed by atoms with Crippen LogP contribution in [-0.2, 0) is 0 Å². The lowest BCUT2D eigenvalue weighted by atomic mass is 10.0. The summed E-state index contributed by atoms with van der Waals surface area (Å²) < 4.78 is 6.01. The largest absolute Gasteiger partial charge is 0.356 e. The van der Waals surface area contributed by atoms with Crippen molar-refractivity contribution in [3.63, 3.8) is 0 Å². The van der Waals surface area contributed by atoms with Gasteiger partial charge in [0.1, 0.15) is 0 Å². The van der Waals surface area contributed by atoms with Gasteiger partial charge in [0, 0.05) is 16.0 Å². The molecular weight excluding hydrogens is 318 g/mol. The van der Waals surface area contributed by atoms with Crippen LogP contribution in [0.1, 0.15) is 23.2 Å². The molecule has 0 spiro atoms. The highest BCUT2D eigenvalue weighted by molar-refractivity contribution is 9.10. The molecule has 2 aromatic rings. The van der Waals surface area contributed by atoms with Gasteiger partial charge in [-0.1, -0.05) is 16.8 Å². The van der Waals surface area contributed by atoms with Gasteiger partial charge in [-0.2, -0.15) is 0 Å². The van der Waals surface area contributed by atoms with Gasteiger partial charge in [0.25, 0.3) is 0 Å². The van der Waals surface area contributed by atoms with E-state index in [1.165, 1.54) is 6.20 Å². The monoisotopic (exact) mass is 325 g/mol. The maximum Gasteiger partial charge on any atom is 0.177 e. The Balaban J connectivity index is 2.03. The van der Waals surface area contributed by atoms with Gasteiger partial charge >= 0.3 is 0 Å². The molecule has 1 heterocycles. The second kappa shape index (κ2) is 4.52. The maximum atomic E-state index is 12.1. The van der Waals surface area contributed by atoms with Crippen LogP contribution in [0.15, 0.2) is 33.4 Å². The molecule has 0 atom stereocenters. The molecule has 0 aliphatic heterocycles. The fraction of sp³-hybridized carbons (Fsp3) is 0.231. The van der Waals surface area contributed by atoms with Gasteiger partial charge in [-0.3, -0.25) is 4.79 Å². The van der Waals surface area contributed by atoms with Crippen LogP contribution in [-0.4, -0.2) is 10.9 Å². The van der Waals surface area contributed by atoms with E-state index in [1.807, 2.05) is 12.1 Å². The number of carbonyl (C=O) groups excluding carboxylic acids is 1. The number of Topliss-reactive ketones (excluding diaryl/α,β-unsaturated/α-hetero) is 1. The number of nitrogens with zero attached hydrogens (tertiary/aromatic N) is 1. The number of hydrogen-bond donors (Lipinski definition) is 0. The second-order valence-corrected chi connectivity index (χ2v) is 5.60. The number of ketones is 1. The zero-order valence-corrected chi connectivity index (χ0v) is 11.7. The van der Waals surface area contributed by atoms with Crippen molar-refractivity contribution in [2.75, 3.05) is 0 Å². The third-order valence-corrected chi connectivity index (χ3v) is 4.20. The molecule has 18 heavy (non-hydrogen) atoms. The van der Waals surface area contributed by atoms with Crippen LogP contribution in [0.2, 0.25) is 5.02 Å². The molecule has 0 radical (unpaired) electrons. The summed E-state index contributed by atoms with van der Waals surface area (Å²) in [5.41, 5.74) is 1.32. The molecule has 1 aliphatic carbocycles. The molecule has 5 heteroatoms. The zero-order valence-electron chi connectivity index (χ0n) is 9.32. The van der Waals surface area contributed by atoms with Crippen LogP contribution in [0, 0.1) is 5.92 Å². The SMILES string of the molecule is O=C(c1cnoc1-c1ccc(Br)c(Cl)c1)C1CC1. The van der Waals surface area contributed by atoms with E-state index in [9.17, 15) is 4.79 Å². The Kier molecular flexibility index (Phi) is 2.99. The van der Waals surface area contributed by atoms with Crippen molar-refractivity contribution < 1.29 is 9.32 Å². The Bertz CT molecular complexity index is 619. The number of aromatic nitrogens is 1. The maximum absolute atomic E-state index is 12.1. The number of rotatable bonds is 3. The highest BCUT2D eigenvalue weighted by Crippen LogP contribution is 2.36. The first kappa shape index (κ1) is 11.9. The summed E-state index contributed by atoms with van der Waals surface area (Å²) in [6.07, 6.45) is 3.42. The first-order valence-electron chi connectivity index (χ1n) is 5.61. The van der Waals surface area contributed by atoms with E-state index in [1.54, 1.807) is 6.07 Å². The molecule has 0 amide bonds. The van der Waals surface area contributed by atoms with Crippen molar-refractivity contribution in [3.8, 4) is 11.3 Å². The van der Waals surface area contributed by atoms with E-state index in [-0.39, 0.29) is 11.7 Å². The van der Waals surface area contributed by atoms with E-state index >= 15 is 0 Å². The van der Waals surface area contributed by atoms with E-state index in [0.29, 0.717) is 16.3 Å². The summed E-state index contributed by atoms with van der Waals surface area (Å²) in [5, 5.41) is 4.31. The average Bonchev–Trinajstić information content (AvgIpc) is 3.09. The van der Waals surface area contributed by atoms with Crippen molar-refractivity contribution in [2.24, 2.45) is 5.92 Å². The van der Waals surface area contributed by atoms with Crippen LogP contribution in [0.25, 0.3) is 11.3 Å². The van der Waals surface area contributed by atoms with E-state index in [0.717, 1.165) is 22.9 Å². The lowest BCUT2D eigenvalue weighted by molar-refractivity contribution is 0.0968. The third kappa shape index (κ3) is 2.10. The molecule has 1 aromatic heterocycles. The first-order valence-corrected chi connectivity index (χ1v) is 6.78. The smallest absolute Gasteiger partial charge is 0.177 e. The van der Waals surface area contributed by atoms with Gasteiger partial charge in [0.2, 0.25) is 0 Å². The van der Waals surface area contributed by atoms with Crippen molar-refractivity contribution >= 4 is 33.3 Å². The Morgan fingerprint density at radius 3 is 2.89 bits per heavy atom. The van der Waals surface area contributed by atoms with Crippen molar-refractivity contribution in [2.45, 2.75) is 12.8 Å². The molecule has 0 saturated heterocycles. The molecule has 1 saturated carbocycles. The van der Waals surface area contributed by atoms with Gasteiger partial charge in [0.15, 0.2) is 11.5 Å². The summed E-state index contributed by atoms with van der Waals surface area (Å²) in [4.78, 5) is 12.1. The molecule has 92 valence electrons. The standard InChI is InChI=1S/C13H9BrClNO2/c14-10-4-3-8(5-11(10)15)13-9(6-16-18-13)12(17)7-1-2-7/h3-7H,1-2H2. The minimum absolute atomic E-state index is 0.116. The van der Waals surface area contributed by atoms with Gasteiger partial charge in [-0.15, -0.1) is 0 Å². The lowest BCUT2D eigenvalue weighted by Crippen LogP contribution is -2.01. The molecule has 1 aromatic carbocycles. The van der Waals surface area contributed by atoms with Gasteiger partial charge in [-0.05, 0) is 47.0 Å². The lowest BCUT2D eigenvalue weighted by Gasteiger charge is -2.02. The van der Waals surface area contributed by atoms with E-state index in [4.69, 9.17) is 16.1 Å². The molecule has 0 bridgehead atoms. The Hall–Kier alpha value is -1.13. The van der Waals surface area contributed by atoms with Crippen molar-refractivity contribution in [1.29, 1.82) is 0 Å². The quantitative estimate of drug-likeness (QED) is 0.788. The number of halogens is 2. The first-order chi connectivity index (χ1) is 8.66. The van der Waals surface area contributed by atoms with Crippen LogP contribution in [0.5, 0.6) is 0 Å². The number of hydrogen-bond acceptors (Lipinski definition) is 3. The second-order valence-electron chi connectivity index (χ2n) is 4.34. The molecule has 0 unspecified atom stereocenters.